The molecule has 0 spiro atoms. The molecule has 0 heterocycles. The van der Waals surface area contributed by atoms with E-state index in [0.717, 1.165) is 12.1 Å². The van der Waals surface area contributed by atoms with Crippen molar-refractivity contribution in [3.63, 3.8) is 0 Å². The highest BCUT2D eigenvalue weighted by molar-refractivity contribution is 6.18. The maximum atomic E-state index is 12.0. The molecule has 0 radical (unpaired) electrons. The van der Waals surface area contributed by atoms with Gasteiger partial charge in [0.05, 0.1) is 0 Å². The monoisotopic (exact) mass is 254 g/mol. The standard InChI is InChI=1S/C13H19ClN2O/c1-4-11(9-14)15-13(17)10-6-5-7-12(8-10)16(2)3/h5-8,11H,4,9H2,1-3H3,(H,15,17). The quantitative estimate of drug-likeness (QED) is 0.819. The van der Waals surface area contributed by atoms with E-state index in [2.05, 4.69) is 5.32 Å². The van der Waals surface area contributed by atoms with Crippen LogP contribution in [0.2, 0.25) is 0 Å². The van der Waals surface area contributed by atoms with E-state index in [1.165, 1.54) is 0 Å². The van der Waals surface area contributed by atoms with Crippen LogP contribution in [0.25, 0.3) is 0 Å². The largest absolute Gasteiger partial charge is 0.378 e. The molecule has 0 aliphatic heterocycles. The molecule has 0 aromatic heterocycles. The molecule has 1 unspecified atom stereocenters. The van der Waals surface area contributed by atoms with E-state index in [1.807, 2.05) is 50.2 Å². The van der Waals surface area contributed by atoms with Gasteiger partial charge in [-0.15, -0.1) is 11.6 Å². The molecule has 0 aliphatic carbocycles. The second-order valence-electron chi connectivity index (χ2n) is 4.18. The summed E-state index contributed by atoms with van der Waals surface area (Å²) in [5, 5.41) is 2.91. The molecular formula is C13H19ClN2O. The molecule has 4 heteroatoms. The lowest BCUT2D eigenvalue weighted by molar-refractivity contribution is 0.0940. The number of alkyl halides is 1. The molecule has 0 saturated carbocycles. The predicted molar refractivity (Wildman–Crippen MR) is 73.0 cm³/mol. The minimum Gasteiger partial charge on any atom is -0.378 e. The van der Waals surface area contributed by atoms with Gasteiger partial charge in [0.1, 0.15) is 0 Å². The van der Waals surface area contributed by atoms with Crippen LogP contribution < -0.4 is 10.2 Å². The van der Waals surface area contributed by atoms with Crippen molar-refractivity contribution in [2.45, 2.75) is 19.4 Å². The number of rotatable bonds is 5. The summed E-state index contributed by atoms with van der Waals surface area (Å²) in [4.78, 5) is 13.9. The fourth-order valence-corrected chi connectivity index (χ4v) is 1.74. The first-order valence-corrected chi connectivity index (χ1v) is 6.26. The van der Waals surface area contributed by atoms with E-state index < -0.39 is 0 Å². The molecule has 0 saturated heterocycles. The molecule has 1 atom stereocenters. The van der Waals surface area contributed by atoms with Crippen molar-refractivity contribution in [1.82, 2.24) is 5.32 Å². The maximum absolute atomic E-state index is 12.0. The lowest BCUT2D eigenvalue weighted by Crippen LogP contribution is -2.35. The Balaban J connectivity index is 2.78. The van der Waals surface area contributed by atoms with Crippen LogP contribution in [-0.4, -0.2) is 31.9 Å². The topological polar surface area (TPSA) is 32.3 Å². The first-order valence-electron chi connectivity index (χ1n) is 5.72. The number of carbonyl (C=O) groups excluding carboxylic acids is 1. The molecule has 1 aromatic rings. The third-order valence-electron chi connectivity index (χ3n) is 2.64. The number of hydrogen-bond donors (Lipinski definition) is 1. The summed E-state index contributed by atoms with van der Waals surface area (Å²) in [6.07, 6.45) is 0.836. The Kier molecular flexibility index (Phi) is 5.29. The SMILES string of the molecule is CCC(CCl)NC(=O)c1cccc(N(C)C)c1. The first kappa shape index (κ1) is 13.8. The van der Waals surface area contributed by atoms with Crippen molar-refractivity contribution in [2.24, 2.45) is 0 Å². The Labute approximate surface area is 108 Å². The number of hydrogen-bond acceptors (Lipinski definition) is 2. The summed E-state index contributed by atoms with van der Waals surface area (Å²) in [6.45, 7) is 2.00. The normalized spacial score (nSPS) is 12.0. The minimum atomic E-state index is -0.0683. The number of amides is 1. The summed E-state index contributed by atoms with van der Waals surface area (Å²) < 4.78 is 0. The molecule has 17 heavy (non-hydrogen) atoms. The zero-order valence-corrected chi connectivity index (χ0v) is 11.3. The van der Waals surface area contributed by atoms with Crippen molar-refractivity contribution >= 4 is 23.2 Å². The maximum Gasteiger partial charge on any atom is 0.251 e. The predicted octanol–water partition coefficient (Wildman–Crippen LogP) is 2.50. The van der Waals surface area contributed by atoms with Crippen LogP contribution in [0.1, 0.15) is 23.7 Å². The Morgan fingerprint density at radius 1 is 1.47 bits per heavy atom. The minimum absolute atomic E-state index is 0.0344. The molecule has 0 fully saturated rings. The lowest BCUT2D eigenvalue weighted by atomic mass is 10.1. The van der Waals surface area contributed by atoms with Crippen molar-refractivity contribution in [2.75, 3.05) is 24.9 Å². The van der Waals surface area contributed by atoms with Crippen molar-refractivity contribution in [3.8, 4) is 0 Å². The van der Waals surface area contributed by atoms with Crippen LogP contribution in [0, 0.1) is 0 Å². The lowest BCUT2D eigenvalue weighted by Gasteiger charge is -2.16. The van der Waals surface area contributed by atoms with Crippen LogP contribution in [-0.2, 0) is 0 Å². The molecule has 3 nitrogen and oxygen atoms in total. The molecule has 0 aliphatic rings. The summed E-state index contributed by atoms with van der Waals surface area (Å²) in [7, 11) is 3.90. The summed E-state index contributed by atoms with van der Waals surface area (Å²) in [6, 6.07) is 7.56. The molecule has 0 bridgehead atoms. The molecular weight excluding hydrogens is 236 g/mol. The van der Waals surface area contributed by atoms with Crippen LogP contribution >= 0.6 is 11.6 Å². The molecule has 1 rings (SSSR count). The summed E-state index contributed by atoms with van der Waals surface area (Å²) in [5.41, 5.74) is 1.68. The Hall–Kier alpha value is -1.22. The average molecular weight is 255 g/mol. The zero-order valence-electron chi connectivity index (χ0n) is 10.5. The van der Waals surface area contributed by atoms with Gasteiger partial charge in [-0.1, -0.05) is 13.0 Å². The van der Waals surface area contributed by atoms with E-state index in [4.69, 9.17) is 11.6 Å². The van der Waals surface area contributed by atoms with Gasteiger partial charge >= 0.3 is 0 Å². The van der Waals surface area contributed by atoms with Gasteiger partial charge in [-0.2, -0.15) is 0 Å². The van der Waals surface area contributed by atoms with Gasteiger partial charge < -0.3 is 10.2 Å². The van der Waals surface area contributed by atoms with Gasteiger partial charge in [-0.3, -0.25) is 4.79 Å². The number of anilines is 1. The van der Waals surface area contributed by atoms with Gasteiger partial charge in [0.25, 0.3) is 5.91 Å². The van der Waals surface area contributed by atoms with E-state index in [9.17, 15) is 4.79 Å². The van der Waals surface area contributed by atoms with E-state index >= 15 is 0 Å². The summed E-state index contributed by atoms with van der Waals surface area (Å²) >= 11 is 5.76. The zero-order chi connectivity index (χ0) is 12.8. The fourth-order valence-electron chi connectivity index (χ4n) is 1.44. The number of benzene rings is 1. The number of nitrogens with zero attached hydrogens (tertiary/aromatic N) is 1. The molecule has 1 aromatic carbocycles. The number of nitrogens with one attached hydrogen (secondary N) is 1. The Bertz CT molecular complexity index is 375. The second kappa shape index (κ2) is 6.50. The van der Waals surface area contributed by atoms with Gasteiger partial charge in [0.15, 0.2) is 0 Å². The highest BCUT2D eigenvalue weighted by Crippen LogP contribution is 2.13. The van der Waals surface area contributed by atoms with Gasteiger partial charge in [0.2, 0.25) is 0 Å². The molecule has 1 amide bonds. The number of halogens is 1. The van der Waals surface area contributed by atoms with Crippen LogP contribution in [0.3, 0.4) is 0 Å². The molecule has 94 valence electrons. The van der Waals surface area contributed by atoms with Gasteiger partial charge in [-0.25, -0.2) is 0 Å². The van der Waals surface area contributed by atoms with E-state index in [-0.39, 0.29) is 11.9 Å². The highest BCUT2D eigenvalue weighted by atomic mass is 35.5. The fraction of sp³-hybridized carbons (Fsp3) is 0.462. The van der Waals surface area contributed by atoms with Crippen LogP contribution in [0.4, 0.5) is 5.69 Å². The van der Waals surface area contributed by atoms with Gasteiger partial charge in [0, 0.05) is 37.3 Å². The highest BCUT2D eigenvalue weighted by Gasteiger charge is 2.11. The van der Waals surface area contributed by atoms with E-state index in [0.29, 0.717) is 11.4 Å². The third kappa shape index (κ3) is 3.93. The smallest absolute Gasteiger partial charge is 0.251 e. The van der Waals surface area contributed by atoms with Gasteiger partial charge in [-0.05, 0) is 24.6 Å². The first-order chi connectivity index (χ1) is 8.08. The summed E-state index contributed by atoms with van der Waals surface area (Å²) in [5.74, 6) is 0.372. The molecule has 1 N–H and O–H groups in total. The average Bonchev–Trinajstić information content (AvgIpc) is 2.35. The van der Waals surface area contributed by atoms with Crippen LogP contribution in [0.15, 0.2) is 24.3 Å². The van der Waals surface area contributed by atoms with Crippen LogP contribution in [0.5, 0.6) is 0 Å². The van der Waals surface area contributed by atoms with Crippen molar-refractivity contribution in [1.29, 1.82) is 0 Å². The third-order valence-corrected chi connectivity index (χ3v) is 3.01. The van der Waals surface area contributed by atoms with E-state index in [1.54, 1.807) is 0 Å². The van der Waals surface area contributed by atoms with Crippen molar-refractivity contribution in [3.05, 3.63) is 29.8 Å². The second-order valence-corrected chi connectivity index (χ2v) is 4.49. The Morgan fingerprint density at radius 3 is 2.71 bits per heavy atom. The van der Waals surface area contributed by atoms with Crippen molar-refractivity contribution < 1.29 is 4.79 Å². The Morgan fingerprint density at radius 2 is 2.18 bits per heavy atom. The number of carbonyl (C=O) groups is 1.